The molecule has 5 nitrogen and oxygen atoms in total. The highest BCUT2D eigenvalue weighted by Crippen LogP contribution is 2.33. The molecule has 1 aliphatic rings. The number of anilines is 1. The maximum absolute atomic E-state index is 13.5. The van der Waals surface area contributed by atoms with Crippen LogP contribution in [0.2, 0.25) is 0 Å². The number of piperazine rings is 1. The van der Waals surface area contributed by atoms with E-state index in [2.05, 4.69) is 83.4 Å². The van der Waals surface area contributed by atoms with Crippen LogP contribution in [0.1, 0.15) is 23.5 Å². The second-order valence-corrected chi connectivity index (χ2v) is 9.37. The first kappa shape index (κ1) is 23.0. The van der Waals surface area contributed by atoms with E-state index < -0.39 is 0 Å². The average molecular weight is 468 g/mol. The number of carbonyl (C=O) groups is 1. The summed E-state index contributed by atoms with van der Waals surface area (Å²) < 4.78 is 7.46. The van der Waals surface area contributed by atoms with E-state index in [1.165, 1.54) is 27.7 Å². The van der Waals surface area contributed by atoms with Gasteiger partial charge in [0.05, 0.1) is 7.11 Å². The van der Waals surface area contributed by atoms with Crippen LogP contribution in [0.3, 0.4) is 0 Å². The van der Waals surface area contributed by atoms with Gasteiger partial charge in [-0.3, -0.25) is 4.79 Å². The highest BCUT2D eigenvalue weighted by molar-refractivity contribution is 5.86. The number of amides is 1. The Kier molecular flexibility index (Phi) is 6.75. The number of aromatic nitrogens is 1. The van der Waals surface area contributed by atoms with Crippen LogP contribution >= 0.6 is 0 Å². The molecule has 0 bridgehead atoms. The Hall–Kier alpha value is -3.73. The Labute approximate surface area is 207 Å². The molecule has 5 heteroatoms. The van der Waals surface area contributed by atoms with Gasteiger partial charge in [0.1, 0.15) is 5.75 Å². The molecule has 4 aromatic rings. The number of benzene rings is 3. The number of rotatable bonds is 7. The lowest BCUT2D eigenvalue weighted by atomic mass is 9.88. The predicted molar refractivity (Wildman–Crippen MR) is 142 cm³/mol. The standard InChI is InChI=1S/C30H33N3O2/c1-31-22-28(27-10-6-7-11-29(27)31)24(20-23-8-4-3-5-9-23)21-30(34)33-18-16-32(17-19-33)25-12-14-26(35-2)15-13-25/h3-15,22,24H,16-21H2,1-2H3. The first-order valence-corrected chi connectivity index (χ1v) is 12.4. The van der Waals surface area contributed by atoms with Gasteiger partial charge < -0.3 is 19.1 Å². The second kappa shape index (κ2) is 10.3. The van der Waals surface area contributed by atoms with Gasteiger partial charge in [0.15, 0.2) is 0 Å². The molecular formula is C30H33N3O2. The average Bonchev–Trinajstić information content (AvgIpc) is 3.25. The number of para-hydroxylation sites is 1. The number of methoxy groups -OCH3 is 1. The number of ether oxygens (including phenoxy) is 1. The van der Waals surface area contributed by atoms with E-state index in [4.69, 9.17) is 4.74 Å². The van der Waals surface area contributed by atoms with E-state index in [-0.39, 0.29) is 11.8 Å². The summed E-state index contributed by atoms with van der Waals surface area (Å²) in [4.78, 5) is 17.9. The van der Waals surface area contributed by atoms with Crippen LogP contribution in [-0.4, -0.2) is 48.7 Å². The van der Waals surface area contributed by atoms with Crippen molar-refractivity contribution in [2.24, 2.45) is 7.05 Å². The molecule has 3 aromatic carbocycles. The van der Waals surface area contributed by atoms with Gasteiger partial charge in [0, 0.05) is 62.4 Å². The van der Waals surface area contributed by atoms with Crippen LogP contribution in [0.25, 0.3) is 10.9 Å². The van der Waals surface area contributed by atoms with Gasteiger partial charge in [0.2, 0.25) is 5.91 Å². The number of hydrogen-bond acceptors (Lipinski definition) is 3. The monoisotopic (exact) mass is 467 g/mol. The molecule has 1 saturated heterocycles. The smallest absolute Gasteiger partial charge is 0.223 e. The largest absolute Gasteiger partial charge is 0.497 e. The summed E-state index contributed by atoms with van der Waals surface area (Å²) in [7, 11) is 3.77. The summed E-state index contributed by atoms with van der Waals surface area (Å²) in [5.41, 5.74) is 4.91. The van der Waals surface area contributed by atoms with E-state index in [1.807, 2.05) is 23.1 Å². The van der Waals surface area contributed by atoms with Crippen LogP contribution < -0.4 is 9.64 Å². The lowest BCUT2D eigenvalue weighted by molar-refractivity contribution is -0.131. The summed E-state index contributed by atoms with van der Waals surface area (Å²) >= 11 is 0. The van der Waals surface area contributed by atoms with Gasteiger partial charge in [0.25, 0.3) is 0 Å². The maximum atomic E-state index is 13.5. The summed E-state index contributed by atoms with van der Waals surface area (Å²) in [5, 5.41) is 1.24. The molecule has 0 saturated carbocycles. The van der Waals surface area contributed by atoms with Crippen molar-refractivity contribution in [2.45, 2.75) is 18.8 Å². The molecular weight excluding hydrogens is 434 g/mol. The zero-order chi connectivity index (χ0) is 24.2. The number of nitrogens with zero attached hydrogens (tertiary/aromatic N) is 3. The van der Waals surface area contributed by atoms with Crippen molar-refractivity contribution in [3.05, 3.63) is 96.2 Å². The first-order valence-electron chi connectivity index (χ1n) is 12.4. The Morgan fingerprint density at radius 2 is 1.57 bits per heavy atom. The summed E-state index contributed by atoms with van der Waals surface area (Å²) in [5.74, 6) is 1.24. The van der Waals surface area contributed by atoms with Crippen molar-refractivity contribution < 1.29 is 9.53 Å². The third-order valence-electron chi connectivity index (χ3n) is 7.18. The van der Waals surface area contributed by atoms with Gasteiger partial charge in [-0.25, -0.2) is 0 Å². The fourth-order valence-corrected chi connectivity index (χ4v) is 5.24. The topological polar surface area (TPSA) is 37.7 Å². The van der Waals surface area contributed by atoms with Crippen LogP contribution in [-0.2, 0) is 18.3 Å². The predicted octanol–water partition coefficient (Wildman–Crippen LogP) is 5.25. The van der Waals surface area contributed by atoms with Gasteiger partial charge in [-0.05, 0) is 53.8 Å². The molecule has 1 amide bonds. The molecule has 35 heavy (non-hydrogen) atoms. The minimum absolute atomic E-state index is 0.135. The van der Waals surface area contributed by atoms with Crippen molar-refractivity contribution in [1.82, 2.24) is 9.47 Å². The Morgan fingerprint density at radius 3 is 2.29 bits per heavy atom. The minimum Gasteiger partial charge on any atom is -0.497 e. The van der Waals surface area contributed by atoms with Gasteiger partial charge in [-0.15, -0.1) is 0 Å². The molecule has 0 spiro atoms. The Balaban J connectivity index is 1.31. The SMILES string of the molecule is COc1ccc(N2CCN(C(=O)CC(Cc3ccccc3)c3cn(C)c4ccccc34)CC2)cc1. The minimum atomic E-state index is 0.135. The molecule has 180 valence electrons. The van der Waals surface area contributed by atoms with Crippen molar-refractivity contribution in [2.75, 3.05) is 38.2 Å². The quantitative estimate of drug-likeness (QED) is 0.372. The molecule has 1 atom stereocenters. The summed E-state index contributed by atoms with van der Waals surface area (Å²) in [6, 6.07) is 27.2. The van der Waals surface area contributed by atoms with E-state index in [9.17, 15) is 4.79 Å². The lowest BCUT2D eigenvalue weighted by Crippen LogP contribution is -2.49. The van der Waals surface area contributed by atoms with Gasteiger partial charge in [-0.1, -0.05) is 48.5 Å². The van der Waals surface area contributed by atoms with E-state index in [1.54, 1.807) is 7.11 Å². The van der Waals surface area contributed by atoms with Crippen LogP contribution in [0.15, 0.2) is 85.1 Å². The number of carbonyl (C=O) groups excluding carboxylic acids is 1. The highest BCUT2D eigenvalue weighted by atomic mass is 16.5. The molecule has 0 N–H and O–H groups in total. The van der Waals surface area contributed by atoms with Gasteiger partial charge in [-0.2, -0.15) is 0 Å². The fraction of sp³-hybridized carbons (Fsp3) is 0.300. The molecule has 5 rings (SSSR count). The normalized spacial score (nSPS) is 14.8. The van der Waals surface area contributed by atoms with Crippen LogP contribution in [0, 0.1) is 0 Å². The Morgan fingerprint density at radius 1 is 0.886 bits per heavy atom. The van der Waals surface area contributed by atoms with Gasteiger partial charge >= 0.3 is 0 Å². The van der Waals surface area contributed by atoms with E-state index in [0.717, 1.165) is 38.3 Å². The molecule has 1 fully saturated rings. The molecule has 1 unspecified atom stereocenters. The van der Waals surface area contributed by atoms with Crippen molar-refractivity contribution in [3.8, 4) is 5.75 Å². The molecule has 1 aliphatic heterocycles. The maximum Gasteiger partial charge on any atom is 0.223 e. The van der Waals surface area contributed by atoms with E-state index >= 15 is 0 Å². The molecule has 1 aromatic heterocycles. The van der Waals surface area contributed by atoms with Crippen molar-refractivity contribution >= 4 is 22.5 Å². The molecule has 2 heterocycles. The van der Waals surface area contributed by atoms with E-state index in [0.29, 0.717) is 6.42 Å². The Bertz CT molecular complexity index is 1270. The summed E-state index contributed by atoms with van der Waals surface area (Å²) in [6.07, 6.45) is 3.59. The highest BCUT2D eigenvalue weighted by Gasteiger charge is 2.26. The van der Waals surface area contributed by atoms with Crippen LogP contribution in [0.4, 0.5) is 5.69 Å². The zero-order valence-electron chi connectivity index (χ0n) is 20.6. The number of hydrogen-bond donors (Lipinski definition) is 0. The fourth-order valence-electron chi connectivity index (χ4n) is 5.24. The molecule has 0 aliphatic carbocycles. The van der Waals surface area contributed by atoms with Crippen LogP contribution in [0.5, 0.6) is 5.75 Å². The zero-order valence-corrected chi connectivity index (χ0v) is 20.6. The lowest BCUT2D eigenvalue weighted by Gasteiger charge is -2.36. The summed E-state index contributed by atoms with van der Waals surface area (Å²) in [6.45, 7) is 3.18. The third-order valence-corrected chi connectivity index (χ3v) is 7.18. The first-order chi connectivity index (χ1) is 17.1. The third kappa shape index (κ3) is 5.04. The van der Waals surface area contributed by atoms with Crippen molar-refractivity contribution in [1.29, 1.82) is 0 Å². The number of fused-ring (bicyclic) bond motifs is 1. The van der Waals surface area contributed by atoms with Crippen molar-refractivity contribution in [3.63, 3.8) is 0 Å². The second-order valence-electron chi connectivity index (χ2n) is 9.37. The number of aryl methyl sites for hydroxylation is 1. The molecule has 0 radical (unpaired) electrons.